The largest absolute Gasteiger partial charge is 0.271 e. The second kappa shape index (κ2) is 6.14. The van der Waals surface area contributed by atoms with Crippen LogP contribution in [0.25, 0.3) is 0 Å². The minimum Gasteiger partial charge on any atom is -0.271 e. The molecule has 1 atom stereocenters. The number of H-pyrrole nitrogens is 1. The van der Waals surface area contributed by atoms with Gasteiger partial charge in [0.1, 0.15) is 12.2 Å². The summed E-state index contributed by atoms with van der Waals surface area (Å²) in [5.41, 5.74) is 4.59. The molecule has 0 fully saturated rings. The van der Waals surface area contributed by atoms with Crippen molar-refractivity contribution in [3.63, 3.8) is 0 Å². The van der Waals surface area contributed by atoms with Crippen molar-refractivity contribution in [2.75, 3.05) is 0 Å². The number of hydrogen-bond donors (Lipinski definition) is 3. The zero-order valence-corrected chi connectivity index (χ0v) is 11.8. The summed E-state index contributed by atoms with van der Waals surface area (Å²) in [5, 5.41) is 11.8. The van der Waals surface area contributed by atoms with Crippen molar-refractivity contribution in [3.05, 3.63) is 28.6 Å². The summed E-state index contributed by atoms with van der Waals surface area (Å²) in [4.78, 5) is 4.11. The van der Waals surface area contributed by atoms with Crippen molar-refractivity contribution in [3.8, 4) is 0 Å². The molecule has 104 valence electrons. The highest BCUT2D eigenvalue weighted by molar-refractivity contribution is 6.31. The number of hydrazine groups is 1. The van der Waals surface area contributed by atoms with Crippen molar-refractivity contribution < 1.29 is 0 Å². The molecule has 2 rings (SSSR count). The van der Waals surface area contributed by atoms with Crippen LogP contribution in [0.3, 0.4) is 0 Å². The molecule has 0 aliphatic heterocycles. The zero-order chi connectivity index (χ0) is 13.8. The Kier molecular flexibility index (Phi) is 4.52. The van der Waals surface area contributed by atoms with Crippen LogP contribution < -0.4 is 11.3 Å². The number of aromatic amines is 1. The van der Waals surface area contributed by atoms with E-state index >= 15 is 0 Å². The Bertz CT molecular complexity index is 519. The summed E-state index contributed by atoms with van der Waals surface area (Å²) in [6, 6.07) is -0.174. The summed E-state index contributed by atoms with van der Waals surface area (Å²) in [5.74, 6) is 6.26. The fourth-order valence-corrected chi connectivity index (χ4v) is 2.37. The highest BCUT2D eigenvalue weighted by Crippen LogP contribution is 2.25. The zero-order valence-electron chi connectivity index (χ0n) is 11.0. The third-order valence-electron chi connectivity index (χ3n) is 3.06. The predicted octanol–water partition coefficient (Wildman–Crippen LogP) is 0.984. The Labute approximate surface area is 116 Å². The maximum atomic E-state index is 6.37. The van der Waals surface area contributed by atoms with Crippen molar-refractivity contribution in [1.29, 1.82) is 0 Å². The third kappa shape index (κ3) is 2.78. The first kappa shape index (κ1) is 14.0. The van der Waals surface area contributed by atoms with Crippen LogP contribution >= 0.6 is 11.6 Å². The first-order valence-corrected chi connectivity index (χ1v) is 6.64. The number of nitrogens with two attached hydrogens (primary N) is 1. The molecule has 0 aliphatic rings. The van der Waals surface area contributed by atoms with Gasteiger partial charge in [0.2, 0.25) is 0 Å². The van der Waals surface area contributed by atoms with Gasteiger partial charge in [-0.15, -0.1) is 0 Å². The molecule has 0 radical (unpaired) electrons. The Balaban J connectivity index is 2.29. The Morgan fingerprint density at radius 3 is 2.84 bits per heavy atom. The molecule has 2 aromatic rings. The molecular weight excluding hydrogens is 266 g/mol. The molecular formula is C11H18ClN7. The molecule has 8 heteroatoms. The first-order valence-electron chi connectivity index (χ1n) is 6.26. The van der Waals surface area contributed by atoms with E-state index in [1.54, 1.807) is 0 Å². The van der Waals surface area contributed by atoms with Gasteiger partial charge in [-0.1, -0.05) is 18.5 Å². The summed E-state index contributed by atoms with van der Waals surface area (Å²) in [6.45, 7) is 4.83. The van der Waals surface area contributed by atoms with Crippen molar-refractivity contribution in [1.82, 2.24) is 30.4 Å². The first-order chi connectivity index (χ1) is 9.21. The van der Waals surface area contributed by atoms with E-state index in [1.165, 1.54) is 6.33 Å². The van der Waals surface area contributed by atoms with Crippen LogP contribution in [-0.4, -0.2) is 25.0 Å². The number of rotatable bonds is 6. The van der Waals surface area contributed by atoms with Gasteiger partial charge in [-0.05, 0) is 13.3 Å². The van der Waals surface area contributed by atoms with Crippen molar-refractivity contribution in [2.45, 2.75) is 39.3 Å². The normalized spacial score (nSPS) is 12.8. The SMILES string of the molecule is CCc1nn(CC)c(CC(NN)c2ncn[nH]2)c1Cl. The molecule has 0 amide bonds. The number of hydrogen-bond acceptors (Lipinski definition) is 5. The second-order valence-corrected chi connectivity index (χ2v) is 4.55. The summed E-state index contributed by atoms with van der Waals surface area (Å²) < 4.78 is 1.90. The lowest BCUT2D eigenvalue weighted by molar-refractivity contribution is 0.497. The van der Waals surface area contributed by atoms with E-state index in [0.29, 0.717) is 17.3 Å². The van der Waals surface area contributed by atoms with Crippen molar-refractivity contribution in [2.24, 2.45) is 5.84 Å². The molecule has 0 saturated heterocycles. The minimum atomic E-state index is -0.174. The summed E-state index contributed by atoms with van der Waals surface area (Å²) in [6.07, 6.45) is 2.86. The Hall–Kier alpha value is -1.44. The van der Waals surface area contributed by atoms with Crippen LogP contribution in [0, 0.1) is 0 Å². The molecule has 0 aliphatic carbocycles. The lowest BCUT2D eigenvalue weighted by Crippen LogP contribution is -2.31. The highest BCUT2D eigenvalue weighted by Gasteiger charge is 2.20. The van der Waals surface area contributed by atoms with E-state index in [0.717, 1.165) is 24.4 Å². The molecule has 7 nitrogen and oxygen atoms in total. The van der Waals surface area contributed by atoms with Crippen LogP contribution in [0.15, 0.2) is 6.33 Å². The molecule has 2 aromatic heterocycles. The Morgan fingerprint density at radius 1 is 1.53 bits per heavy atom. The van der Waals surface area contributed by atoms with E-state index < -0.39 is 0 Å². The lowest BCUT2D eigenvalue weighted by Gasteiger charge is -2.14. The maximum Gasteiger partial charge on any atom is 0.143 e. The molecule has 0 aromatic carbocycles. The number of halogens is 1. The van der Waals surface area contributed by atoms with E-state index in [-0.39, 0.29) is 6.04 Å². The molecule has 0 spiro atoms. The van der Waals surface area contributed by atoms with Crippen LogP contribution in [0.5, 0.6) is 0 Å². The quantitative estimate of drug-likeness (QED) is 0.542. The van der Waals surface area contributed by atoms with Crippen LogP contribution in [0.4, 0.5) is 0 Å². The number of nitrogens with zero attached hydrogens (tertiary/aromatic N) is 4. The van der Waals surface area contributed by atoms with Crippen LogP contribution in [-0.2, 0) is 19.4 Å². The monoisotopic (exact) mass is 283 g/mol. The van der Waals surface area contributed by atoms with Gasteiger partial charge in [0, 0.05) is 13.0 Å². The molecule has 0 bridgehead atoms. The third-order valence-corrected chi connectivity index (χ3v) is 3.49. The number of nitrogens with one attached hydrogen (secondary N) is 2. The standard InChI is InChI=1S/C11H18ClN7/c1-3-7-10(12)9(19(4-2)18-7)5-8(16-13)11-14-6-15-17-11/h6,8,16H,3-5,13H2,1-2H3,(H,14,15,17). The van der Waals surface area contributed by atoms with Gasteiger partial charge < -0.3 is 0 Å². The van der Waals surface area contributed by atoms with E-state index in [1.807, 2.05) is 18.5 Å². The van der Waals surface area contributed by atoms with Gasteiger partial charge in [-0.25, -0.2) is 10.4 Å². The average Bonchev–Trinajstić information content (AvgIpc) is 3.04. The van der Waals surface area contributed by atoms with Crippen molar-refractivity contribution >= 4 is 11.6 Å². The molecule has 19 heavy (non-hydrogen) atoms. The highest BCUT2D eigenvalue weighted by atomic mass is 35.5. The smallest absolute Gasteiger partial charge is 0.143 e. The molecule has 4 N–H and O–H groups in total. The molecule has 1 unspecified atom stereocenters. The van der Waals surface area contributed by atoms with Gasteiger partial charge in [0.25, 0.3) is 0 Å². The minimum absolute atomic E-state index is 0.174. The lowest BCUT2D eigenvalue weighted by atomic mass is 10.1. The second-order valence-electron chi connectivity index (χ2n) is 4.17. The fourth-order valence-electron chi connectivity index (χ4n) is 2.02. The average molecular weight is 284 g/mol. The van der Waals surface area contributed by atoms with Gasteiger partial charge in [-0.3, -0.25) is 15.6 Å². The number of aromatic nitrogens is 5. The van der Waals surface area contributed by atoms with Gasteiger partial charge in [0.15, 0.2) is 0 Å². The molecule has 0 saturated carbocycles. The summed E-state index contributed by atoms with van der Waals surface area (Å²) in [7, 11) is 0. The van der Waals surface area contributed by atoms with Crippen LogP contribution in [0.2, 0.25) is 5.02 Å². The predicted molar refractivity (Wildman–Crippen MR) is 72.4 cm³/mol. The molecule has 2 heterocycles. The van der Waals surface area contributed by atoms with Gasteiger partial charge in [-0.2, -0.15) is 10.2 Å². The van der Waals surface area contributed by atoms with E-state index in [4.69, 9.17) is 17.4 Å². The van der Waals surface area contributed by atoms with Crippen LogP contribution in [0.1, 0.15) is 37.1 Å². The summed E-state index contributed by atoms with van der Waals surface area (Å²) >= 11 is 6.37. The van der Waals surface area contributed by atoms with Gasteiger partial charge >= 0.3 is 0 Å². The number of aryl methyl sites for hydroxylation is 2. The maximum absolute atomic E-state index is 6.37. The van der Waals surface area contributed by atoms with E-state index in [9.17, 15) is 0 Å². The fraction of sp³-hybridized carbons (Fsp3) is 0.545. The Morgan fingerprint density at radius 2 is 2.32 bits per heavy atom. The van der Waals surface area contributed by atoms with E-state index in [2.05, 4.69) is 25.7 Å². The van der Waals surface area contributed by atoms with Gasteiger partial charge in [0.05, 0.1) is 22.5 Å². The topological polar surface area (TPSA) is 97.4 Å².